The molecule has 0 bridgehead atoms. The van der Waals surface area contributed by atoms with Gasteiger partial charge < -0.3 is 10.6 Å². The number of benzene rings is 1. The van der Waals surface area contributed by atoms with E-state index in [-0.39, 0.29) is 11.8 Å². The Kier molecular flexibility index (Phi) is 3.57. The minimum absolute atomic E-state index is 0.0685. The molecule has 1 aromatic heterocycles. The molecule has 1 fully saturated rings. The number of hydrogen-bond donors (Lipinski definition) is 2. The molecule has 1 amide bonds. The molecule has 5 heteroatoms. The Bertz CT molecular complexity index is 561. The summed E-state index contributed by atoms with van der Waals surface area (Å²) in [6.07, 6.45) is 0.906. The third kappa shape index (κ3) is 2.83. The van der Waals surface area contributed by atoms with Gasteiger partial charge in [0.15, 0.2) is 5.13 Å². The molecule has 1 saturated heterocycles. The van der Waals surface area contributed by atoms with E-state index in [0.29, 0.717) is 5.13 Å². The van der Waals surface area contributed by atoms with Gasteiger partial charge in [-0.3, -0.25) is 4.79 Å². The Hall–Kier alpha value is -1.72. The Morgan fingerprint density at radius 2 is 2.21 bits per heavy atom. The summed E-state index contributed by atoms with van der Waals surface area (Å²) in [6.45, 7) is 1.69. The van der Waals surface area contributed by atoms with Crippen LogP contribution in [0.5, 0.6) is 0 Å². The van der Waals surface area contributed by atoms with E-state index in [2.05, 4.69) is 15.6 Å². The molecule has 0 unspecified atom stereocenters. The Morgan fingerprint density at radius 1 is 1.37 bits per heavy atom. The maximum absolute atomic E-state index is 12.0. The molecule has 2 aromatic rings. The van der Waals surface area contributed by atoms with Crippen molar-refractivity contribution < 1.29 is 4.79 Å². The molecule has 3 rings (SSSR count). The van der Waals surface area contributed by atoms with Crippen LogP contribution in [-0.4, -0.2) is 24.0 Å². The highest BCUT2D eigenvalue weighted by Crippen LogP contribution is 2.25. The molecule has 19 heavy (non-hydrogen) atoms. The number of rotatable bonds is 3. The summed E-state index contributed by atoms with van der Waals surface area (Å²) in [5.41, 5.74) is 1.98. The maximum Gasteiger partial charge on any atom is 0.230 e. The number of hydrogen-bond acceptors (Lipinski definition) is 4. The van der Waals surface area contributed by atoms with Crippen molar-refractivity contribution in [1.29, 1.82) is 0 Å². The quantitative estimate of drug-likeness (QED) is 0.902. The summed E-state index contributed by atoms with van der Waals surface area (Å²) in [4.78, 5) is 16.4. The lowest BCUT2D eigenvalue weighted by Gasteiger charge is -2.06. The zero-order chi connectivity index (χ0) is 13.1. The van der Waals surface area contributed by atoms with Crippen molar-refractivity contribution in [2.45, 2.75) is 6.42 Å². The molecule has 2 N–H and O–H groups in total. The molecule has 1 atom stereocenters. The van der Waals surface area contributed by atoms with E-state index in [1.807, 2.05) is 35.7 Å². The lowest BCUT2D eigenvalue weighted by molar-refractivity contribution is -0.119. The number of carbonyl (C=O) groups is 1. The van der Waals surface area contributed by atoms with Crippen LogP contribution in [0.25, 0.3) is 11.3 Å². The normalized spacial score (nSPS) is 18.4. The van der Waals surface area contributed by atoms with E-state index < -0.39 is 0 Å². The monoisotopic (exact) mass is 273 g/mol. The third-order valence-corrected chi connectivity index (χ3v) is 3.99. The largest absolute Gasteiger partial charge is 0.316 e. The van der Waals surface area contributed by atoms with Gasteiger partial charge in [0, 0.05) is 17.5 Å². The highest BCUT2D eigenvalue weighted by atomic mass is 32.1. The van der Waals surface area contributed by atoms with Crippen molar-refractivity contribution in [3.8, 4) is 11.3 Å². The topological polar surface area (TPSA) is 54.0 Å². The van der Waals surface area contributed by atoms with Crippen LogP contribution in [0.15, 0.2) is 35.7 Å². The van der Waals surface area contributed by atoms with Gasteiger partial charge in [-0.2, -0.15) is 0 Å². The summed E-state index contributed by atoms with van der Waals surface area (Å²) < 4.78 is 0. The van der Waals surface area contributed by atoms with Gasteiger partial charge >= 0.3 is 0 Å². The molecule has 0 saturated carbocycles. The molecule has 1 aliphatic heterocycles. The number of nitrogens with one attached hydrogen (secondary N) is 2. The lowest BCUT2D eigenvalue weighted by Crippen LogP contribution is -2.24. The zero-order valence-electron chi connectivity index (χ0n) is 10.4. The summed E-state index contributed by atoms with van der Waals surface area (Å²) >= 11 is 1.47. The van der Waals surface area contributed by atoms with Gasteiger partial charge in [-0.25, -0.2) is 4.98 Å². The number of aromatic nitrogens is 1. The molecule has 0 radical (unpaired) electrons. The fourth-order valence-corrected chi connectivity index (χ4v) is 2.88. The van der Waals surface area contributed by atoms with Crippen molar-refractivity contribution in [3.63, 3.8) is 0 Å². The Morgan fingerprint density at radius 3 is 2.95 bits per heavy atom. The number of thiazole rings is 1. The smallest absolute Gasteiger partial charge is 0.230 e. The molecular formula is C14H15N3OS. The second kappa shape index (κ2) is 5.50. The van der Waals surface area contributed by atoms with Gasteiger partial charge in [0.05, 0.1) is 11.6 Å². The average Bonchev–Trinajstić information content (AvgIpc) is 3.11. The van der Waals surface area contributed by atoms with Crippen LogP contribution in [0.1, 0.15) is 6.42 Å². The molecule has 4 nitrogen and oxygen atoms in total. The van der Waals surface area contributed by atoms with E-state index in [1.165, 1.54) is 11.3 Å². The SMILES string of the molecule is O=C(Nc1nc(-c2ccccc2)cs1)[C@H]1CCNC1. The van der Waals surface area contributed by atoms with E-state index >= 15 is 0 Å². The first-order valence-electron chi connectivity index (χ1n) is 6.35. The fourth-order valence-electron chi connectivity index (χ4n) is 2.16. The van der Waals surface area contributed by atoms with Crippen LogP contribution >= 0.6 is 11.3 Å². The second-order valence-corrected chi connectivity index (χ2v) is 5.44. The standard InChI is InChI=1S/C14H15N3OS/c18-13(11-6-7-15-8-11)17-14-16-12(9-19-14)10-4-2-1-3-5-10/h1-5,9,11,15H,6-8H2,(H,16,17,18)/t11-/m0/s1. The zero-order valence-corrected chi connectivity index (χ0v) is 11.2. The van der Waals surface area contributed by atoms with Crippen LogP contribution in [0.4, 0.5) is 5.13 Å². The molecule has 0 aliphatic carbocycles. The van der Waals surface area contributed by atoms with Crippen molar-refractivity contribution in [3.05, 3.63) is 35.7 Å². The summed E-state index contributed by atoms with van der Waals surface area (Å²) in [6, 6.07) is 9.98. The predicted molar refractivity (Wildman–Crippen MR) is 77.2 cm³/mol. The van der Waals surface area contributed by atoms with Crippen molar-refractivity contribution >= 4 is 22.4 Å². The highest BCUT2D eigenvalue weighted by molar-refractivity contribution is 7.14. The summed E-state index contributed by atoms with van der Waals surface area (Å²) in [5.74, 6) is 0.142. The summed E-state index contributed by atoms with van der Waals surface area (Å²) in [5, 5.41) is 8.74. The second-order valence-electron chi connectivity index (χ2n) is 4.58. The van der Waals surface area contributed by atoms with Gasteiger partial charge in [-0.15, -0.1) is 11.3 Å². The van der Waals surface area contributed by atoms with E-state index in [0.717, 1.165) is 30.8 Å². The fraction of sp³-hybridized carbons (Fsp3) is 0.286. The lowest BCUT2D eigenvalue weighted by atomic mass is 10.1. The molecule has 1 aliphatic rings. The summed E-state index contributed by atoms with van der Waals surface area (Å²) in [7, 11) is 0. The van der Waals surface area contributed by atoms with Crippen LogP contribution in [0.2, 0.25) is 0 Å². The van der Waals surface area contributed by atoms with Crippen LogP contribution in [0.3, 0.4) is 0 Å². The molecular weight excluding hydrogens is 258 g/mol. The van der Waals surface area contributed by atoms with Crippen molar-refractivity contribution in [2.75, 3.05) is 18.4 Å². The predicted octanol–water partition coefficient (Wildman–Crippen LogP) is 2.36. The molecule has 1 aromatic carbocycles. The van der Waals surface area contributed by atoms with Crippen LogP contribution in [0, 0.1) is 5.92 Å². The molecule has 98 valence electrons. The van der Waals surface area contributed by atoms with E-state index in [9.17, 15) is 4.79 Å². The first-order chi connectivity index (χ1) is 9.33. The van der Waals surface area contributed by atoms with Gasteiger partial charge in [0.25, 0.3) is 0 Å². The maximum atomic E-state index is 12.0. The van der Waals surface area contributed by atoms with Gasteiger partial charge in [0.2, 0.25) is 5.91 Å². The van der Waals surface area contributed by atoms with E-state index in [1.54, 1.807) is 0 Å². The van der Waals surface area contributed by atoms with Gasteiger partial charge in [-0.05, 0) is 13.0 Å². The number of anilines is 1. The van der Waals surface area contributed by atoms with Crippen molar-refractivity contribution in [1.82, 2.24) is 10.3 Å². The van der Waals surface area contributed by atoms with Crippen LogP contribution in [-0.2, 0) is 4.79 Å². The average molecular weight is 273 g/mol. The minimum Gasteiger partial charge on any atom is -0.316 e. The molecule has 2 heterocycles. The van der Waals surface area contributed by atoms with E-state index in [4.69, 9.17) is 0 Å². The first kappa shape index (κ1) is 12.3. The Labute approximate surface area is 115 Å². The molecule has 0 spiro atoms. The number of nitrogens with zero attached hydrogens (tertiary/aromatic N) is 1. The first-order valence-corrected chi connectivity index (χ1v) is 7.23. The van der Waals surface area contributed by atoms with Gasteiger partial charge in [0.1, 0.15) is 0 Å². The third-order valence-electron chi connectivity index (χ3n) is 3.23. The number of amides is 1. The highest BCUT2D eigenvalue weighted by Gasteiger charge is 2.23. The number of carbonyl (C=O) groups excluding carboxylic acids is 1. The van der Waals surface area contributed by atoms with Crippen molar-refractivity contribution in [2.24, 2.45) is 5.92 Å². The van der Waals surface area contributed by atoms with Crippen LogP contribution < -0.4 is 10.6 Å². The van der Waals surface area contributed by atoms with Gasteiger partial charge in [-0.1, -0.05) is 30.3 Å². The Balaban J connectivity index is 1.70. The minimum atomic E-state index is 0.0685.